The molecule has 1 N–H and O–H groups in total. The minimum atomic E-state index is -1.43. The molecule has 21 heavy (non-hydrogen) atoms. The first-order valence-corrected chi connectivity index (χ1v) is 6.76. The normalized spacial score (nSPS) is 17.6. The summed E-state index contributed by atoms with van der Waals surface area (Å²) in [4.78, 5) is 33.7. The fourth-order valence-electron chi connectivity index (χ4n) is 1.79. The second-order valence-electron chi connectivity index (χ2n) is 4.46. The zero-order chi connectivity index (χ0) is 17.5. The number of carboxylic acids is 1. The van der Waals surface area contributed by atoms with Gasteiger partial charge in [-0.2, -0.15) is 0 Å². The van der Waals surface area contributed by atoms with Crippen LogP contribution in [0.2, 0.25) is 0 Å². The molecule has 5 nitrogen and oxygen atoms in total. The van der Waals surface area contributed by atoms with Crippen molar-refractivity contribution in [1.29, 1.82) is 0 Å². The van der Waals surface area contributed by atoms with Crippen molar-refractivity contribution in [3.05, 3.63) is 35.5 Å². The van der Waals surface area contributed by atoms with Gasteiger partial charge < -0.3 is 9.84 Å². The van der Waals surface area contributed by atoms with Crippen LogP contribution in [0.4, 0.5) is 0 Å². The lowest BCUT2D eigenvalue weighted by molar-refractivity contribution is -0.151. The Morgan fingerprint density at radius 2 is 2.00 bits per heavy atom. The molecule has 1 aliphatic heterocycles. The maximum absolute atomic E-state index is 11.5. The first kappa shape index (κ1) is 13.8. The molecule has 0 saturated carbocycles. The molecular weight excluding hydrogens is 272 g/mol. The summed E-state index contributed by atoms with van der Waals surface area (Å²) in [6.07, 6.45) is 6.50. The van der Waals surface area contributed by atoms with E-state index < -0.39 is 30.7 Å². The molecule has 0 bridgehead atoms. The average Bonchev–Trinajstić information content (AvgIpc) is 2.70. The van der Waals surface area contributed by atoms with E-state index in [1.165, 1.54) is 12.2 Å². The molecule has 0 aromatic heterocycles. The molecule has 0 saturated heterocycles. The summed E-state index contributed by atoms with van der Waals surface area (Å²) in [6.45, 7) is 1.90. The fraction of sp³-hybridized carbons (Fsp3) is 0.438. The molecule has 0 spiro atoms. The number of ether oxygens (including phenoxy) is 1. The van der Waals surface area contributed by atoms with Crippen LogP contribution in [0.25, 0.3) is 0 Å². The Bertz CT molecular complexity index is 573. The molecule has 0 aliphatic carbocycles. The van der Waals surface area contributed by atoms with Crippen LogP contribution in [0.15, 0.2) is 35.5 Å². The highest BCUT2D eigenvalue weighted by molar-refractivity contribution is 6.15. The molecule has 1 aliphatic rings. The molecule has 0 fully saturated rings. The summed E-state index contributed by atoms with van der Waals surface area (Å²) < 4.78 is 20.2. The summed E-state index contributed by atoms with van der Waals surface area (Å²) in [6, 6.07) is 0. The molecule has 0 unspecified atom stereocenters. The van der Waals surface area contributed by atoms with Gasteiger partial charge >= 0.3 is 17.9 Å². The Balaban J connectivity index is 2.70. The lowest BCUT2D eigenvalue weighted by atomic mass is 10.1. The highest BCUT2D eigenvalue weighted by Crippen LogP contribution is 2.22. The summed E-state index contributed by atoms with van der Waals surface area (Å²) in [7, 11) is 0. The minimum Gasteiger partial charge on any atom is -0.481 e. The summed E-state index contributed by atoms with van der Waals surface area (Å²) in [5, 5.41) is 8.75. The van der Waals surface area contributed by atoms with Gasteiger partial charge in [-0.25, -0.2) is 9.59 Å². The number of carbonyl (C=O) groups excluding carboxylic acids is 2. The van der Waals surface area contributed by atoms with Gasteiger partial charge in [0.15, 0.2) is 0 Å². The van der Waals surface area contributed by atoms with Crippen LogP contribution in [0.5, 0.6) is 0 Å². The Kier molecular flexibility index (Phi) is 5.84. The highest BCUT2D eigenvalue weighted by atomic mass is 16.6. The summed E-state index contributed by atoms with van der Waals surface area (Å²) in [5.74, 6) is -3.08. The second-order valence-corrected chi connectivity index (χ2v) is 4.46. The van der Waals surface area contributed by atoms with Crippen molar-refractivity contribution in [2.45, 2.75) is 45.4 Å². The number of carboxylic acid groups (broad SMARTS) is 1. The van der Waals surface area contributed by atoms with Gasteiger partial charge in [-0.05, 0) is 32.6 Å². The second kappa shape index (κ2) is 8.89. The van der Waals surface area contributed by atoms with E-state index in [9.17, 15) is 14.4 Å². The van der Waals surface area contributed by atoms with Crippen LogP contribution < -0.4 is 0 Å². The average molecular weight is 294 g/mol. The predicted molar refractivity (Wildman–Crippen MR) is 77.4 cm³/mol. The zero-order valence-corrected chi connectivity index (χ0v) is 11.9. The number of allylic oxidation sites excluding steroid dienone is 3. The smallest absolute Gasteiger partial charge is 0.346 e. The number of cyclic esters (lactones) is 2. The van der Waals surface area contributed by atoms with Gasteiger partial charge in [-0.15, -0.1) is 0 Å². The van der Waals surface area contributed by atoms with Crippen LogP contribution in [-0.4, -0.2) is 23.0 Å². The molecule has 0 radical (unpaired) electrons. The van der Waals surface area contributed by atoms with E-state index in [1.807, 2.05) is 19.1 Å². The largest absolute Gasteiger partial charge is 0.481 e. The molecular formula is C16H20O5. The Morgan fingerprint density at radius 1 is 1.24 bits per heavy atom. The van der Waals surface area contributed by atoms with Crippen molar-refractivity contribution in [2.75, 3.05) is 0 Å². The minimum absolute atomic E-state index is 0.0637. The number of unbranched alkanes of at least 4 members (excludes halogenated alkanes) is 1. The van der Waals surface area contributed by atoms with Crippen LogP contribution in [-0.2, 0) is 19.1 Å². The Hall–Kier alpha value is -2.17. The van der Waals surface area contributed by atoms with Gasteiger partial charge in [0.25, 0.3) is 0 Å². The molecule has 0 amide bonds. The van der Waals surface area contributed by atoms with E-state index in [-0.39, 0.29) is 17.6 Å². The van der Waals surface area contributed by atoms with E-state index in [0.29, 0.717) is 12.8 Å². The maximum Gasteiger partial charge on any atom is 0.346 e. The zero-order valence-electron chi connectivity index (χ0n) is 13.9. The van der Waals surface area contributed by atoms with Crippen LogP contribution in [0.1, 0.15) is 48.1 Å². The molecule has 1 heterocycles. The van der Waals surface area contributed by atoms with Crippen LogP contribution in [0.3, 0.4) is 0 Å². The van der Waals surface area contributed by atoms with Crippen molar-refractivity contribution >= 4 is 17.9 Å². The molecule has 0 aromatic carbocycles. The predicted octanol–water partition coefficient (Wildman–Crippen LogP) is 2.92. The first-order valence-electron chi connectivity index (χ1n) is 7.76. The van der Waals surface area contributed by atoms with Crippen LogP contribution in [0, 0.1) is 0 Å². The van der Waals surface area contributed by atoms with Crippen molar-refractivity contribution in [1.82, 2.24) is 0 Å². The molecule has 0 atom stereocenters. The molecule has 0 aromatic rings. The SMILES string of the molecule is [2H]C([2H])(C/C=C/C1=C(CC(=O)O)C(=O)OC1=O)CCC/C=C/C. The summed E-state index contributed by atoms with van der Waals surface area (Å²) in [5.41, 5.74) is -0.311. The number of carbonyl (C=O) groups is 3. The first-order chi connectivity index (χ1) is 10.8. The van der Waals surface area contributed by atoms with E-state index in [1.54, 1.807) is 0 Å². The monoisotopic (exact) mass is 294 g/mol. The summed E-state index contributed by atoms with van der Waals surface area (Å²) >= 11 is 0. The van der Waals surface area contributed by atoms with E-state index >= 15 is 0 Å². The number of hydrogen-bond acceptors (Lipinski definition) is 4. The van der Waals surface area contributed by atoms with E-state index in [0.717, 1.165) is 6.42 Å². The third kappa shape index (κ3) is 5.77. The van der Waals surface area contributed by atoms with Crippen molar-refractivity contribution in [3.63, 3.8) is 0 Å². The number of aliphatic carboxylic acids is 1. The Morgan fingerprint density at radius 3 is 2.67 bits per heavy atom. The van der Waals surface area contributed by atoms with Crippen LogP contribution >= 0.6 is 0 Å². The lowest BCUT2D eigenvalue weighted by Gasteiger charge is -1.96. The van der Waals surface area contributed by atoms with Crippen molar-refractivity contribution < 1.29 is 27.0 Å². The van der Waals surface area contributed by atoms with Crippen molar-refractivity contribution in [2.24, 2.45) is 0 Å². The maximum atomic E-state index is 11.5. The number of hydrogen-bond donors (Lipinski definition) is 1. The standard InChI is InChI=1S/C16H20O5/c1-2-3-4-5-6-7-8-9-10-12-13(11-14(17)18)16(20)21-15(12)19/h2-3,9-10H,4-8,11H2,1H3,(H,17,18)/b3-2+,10-9+/i7D2. The Labute approximate surface area is 126 Å². The lowest BCUT2D eigenvalue weighted by Crippen LogP contribution is -2.05. The van der Waals surface area contributed by atoms with Gasteiger partial charge in [0.2, 0.25) is 0 Å². The van der Waals surface area contributed by atoms with Gasteiger partial charge in [-0.3, -0.25) is 4.79 Å². The highest BCUT2D eigenvalue weighted by Gasteiger charge is 2.32. The van der Waals surface area contributed by atoms with Gasteiger partial charge in [-0.1, -0.05) is 30.7 Å². The topological polar surface area (TPSA) is 80.7 Å². The number of esters is 2. The third-order valence-electron chi connectivity index (χ3n) is 2.81. The third-order valence-corrected chi connectivity index (χ3v) is 2.81. The van der Waals surface area contributed by atoms with Gasteiger partial charge in [0.05, 0.1) is 17.6 Å². The molecule has 5 heteroatoms. The molecule has 1 rings (SSSR count). The van der Waals surface area contributed by atoms with Crippen molar-refractivity contribution in [3.8, 4) is 0 Å². The van der Waals surface area contributed by atoms with E-state index in [4.69, 9.17) is 7.85 Å². The van der Waals surface area contributed by atoms with Gasteiger partial charge in [0.1, 0.15) is 0 Å². The fourth-order valence-corrected chi connectivity index (χ4v) is 1.79. The molecule has 114 valence electrons. The quantitative estimate of drug-likeness (QED) is 0.306. The number of rotatable bonds is 9. The van der Waals surface area contributed by atoms with E-state index in [2.05, 4.69) is 4.74 Å². The van der Waals surface area contributed by atoms with Gasteiger partial charge in [0, 0.05) is 2.74 Å².